The summed E-state index contributed by atoms with van der Waals surface area (Å²) in [7, 11) is 0. The lowest BCUT2D eigenvalue weighted by Gasteiger charge is -2.27. The highest BCUT2D eigenvalue weighted by Crippen LogP contribution is 2.25. The van der Waals surface area contributed by atoms with E-state index in [2.05, 4.69) is 0 Å². The number of ether oxygens (including phenoxy) is 4. The van der Waals surface area contributed by atoms with E-state index in [-0.39, 0.29) is 46.2 Å². The fraction of sp³-hybridized carbons (Fsp3) is 0.410. The summed E-state index contributed by atoms with van der Waals surface area (Å²) in [6, 6.07) is 6.20. The summed E-state index contributed by atoms with van der Waals surface area (Å²) in [5.41, 5.74) is -0.0596. The van der Waals surface area contributed by atoms with Crippen molar-refractivity contribution in [1.82, 2.24) is 9.80 Å². The first-order valence-corrected chi connectivity index (χ1v) is 16.9. The number of benzene rings is 2. The summed E-state index contributed by atoms with van der Waals surface area (Å²) >= 11 is 0. The van der Waals surface area contributed by atoms with Crippen molar-refractivity contribution in [1.29, 1.82) is 0 Å². The normalized spacial score (nSPS) is 17.4. The molecule has 0 bridgehead atoms. The highest BCUT2D eigenvalue weighted by molar-refractivity contribution is 6.04. The van der Waals surface area contributed by atoms with Gasteiger partial charge in [0.15, 0.2) is 36.9 Å². The van der Waals surface area contributed by atoms with Gasteiger partial charge in [-0.25, -0.2) is 19.2 Å². The number of ketones is 2. The second-order valence-electron chi connectivity index (χ2n) is 15.0. The largest absolute Gasteiger partial charge is 0.456 e. The van der Waals surface area contributed by atoms with E-state index < -0.39 is 77.6 Å². The zero-order valence-electron chi connectivity index (χ0n) is 30.9. The Balaban J connectivity index is 1.24. The van der Waals surface area contributed by atoms with Crippen molar-refractivity contribution < 1.29 is 52.1 Å². The lowest BCUT2D eigenvalue weighted by molar-refractivity contribution is -0.146. The first-order valence-electron chi connectivity index (χ1n) is 16.9. The topological polar surface area (TPSA) is 176 Å². The minimum atomic E-state index is -1.06. The van der Waals surface area contributed by atoms with Gasteiger partial charge in [0, 0.05) is 24.2 Å². The van der Waals surface area contributed by atoms with Crippen LogP contribution in [-0.4, -0.2) is 95.1 Å². The number of hydrogen-bond acceptors (Lipinski definition) is 12. The quantitative estimate of drug-likeness (QED) is 0.0933. The van der Waals surface area contributed by atoms with Crippen LogP contribution in [-0.2, 0) is 28.5 Å². The van der Waals surface area contributed by atoms with Crippen LogP contribution in [0.5, 0.6) is 0 Å². The van der Waals surface area contributed by atoms with Gasteiger partial charge >= 0.3 is 24.1 Å². The minimum absolute atomic E-state index is 0.0857. The summed E-state index contributed by atoms with van der Waals surface area (Å²) in [6.07, 6.45) is 1.78. The molecule has 14 heteroatoms. The summed E-state index contributed by atoms with van der Waals surface area (Å²) in [6.45, 7) is 12.9. The molecule has 0 fully saturated rings. The first-order chi connectivity index (χ1) is 24.7. The van der Waals surface area contributed by atoms with Gasteiger partial charge in [0.05, 0.1) is 10.8 Å². The van der Waals surface area contributed by atoms with Crippen molar-refractivity contribution in [3.8, 4) is 0 Å². The van der Waals surface area contributed by atoms with Crippen LogP contribution in [0.1, 0.15) is 76.1 Å². The molecule has 0 N–H and O–H groups in total. The molecule has 280 valence electrons. The molecule has 2 aromatic carbocycles. The number of fused-ring (bicyclic) bond motifs is 2. The maximum atomic E-state index is 13.5. The fourth-order valence-electron chi connectivity index (χ4n) is 5.76. The molecule has 5 rings (SSSR count). The van der Waals surface area contributed by atoms with E-state index in [1.165, 1.54) is 46.2 Å². The number of Topliss-reactive ketones (excluding diaryl/α,β-unsaturated/α-hetero) is 2. The number of nitrogens with zero attached hydrogens (tertiary/aromatic N) is 2. The van der Waals surface area contributed by atoms with Gasteiger partial charge in [-0.2, -0.15) is 0 Å². The SMILES string of the molecule is CC1=C[C@@H](C(=O)OCC(=O)c2ccc3c(=O)c4cc(C(=O)COC(=O)[C@@H]5C=C(C)CN5C(=O)OC(C)(C)C)ccc4oc3c2)N(C(=O)OC(C)(C)C)C1. The number of hydrogen-bond donors (Lipinski definition) is 0. The molecule has 3 aromatic rings. The monoisotopic (exact) mass is 730 g/mol. The van der Waals surface area contributed by atoms with Crippen LogP contribution in [0.25, 0.3) is 21.9 Å². The smallest absolute Gasteiger partial charge is 0.411 e. The molecular weight excluding hydrogens is 688 g/mol. The lowest BCUT2D eigenvalue weighted by atomic mass is 10.0. The van der Waals surface area contributed by atoms with Gasteiger partial charge in [0.25, 0.3) is 0 Å². The minimum Gasteiger partial charge on any atom is -0.456 e. The second kappa shape index (κ2) is 14.7. The molecule has 0 radical (unpaired) electrons. The van der Waals surface area contributed by atoms with Gasteiger partial charge in [-0.3, -0.25) is 24.2 Å². The summed E-state index contributed by atoms with van der Waals surface area (Å²) in [4.78, 5) is 93.1. The Labute approximate surface area is 305 Å². The molecule has 2 amide bonds. The van der Waals surface area contributed by atoms with E-state index in [0.29, 0.717) is 0 Å². The third-order valence-corrected chi connectivity index (χ3v) is 8.14. The number of amides is 2. The Hall–Kier alpha value is -5.79. The fourth-order valence-corrected chi connectivity index (χ4v) is 5.76. The van der Waals surface area contributed by atoms with Gasteiger partial charge in [-0.05, 0) is 85.7 Å². The van der Waals surface area contributed by atoms with Gasteiger partial charge in [0.2, 0.25) is 5.43 Å². The Bertz CT molecular complexity index is 2150. The molecule has 2 atom stereocenters. The summed E-state index contributed by atoms with van der Waals surface area (Å²) < 4.78 is 27.3. The van der Waals surface area contributed by atoms with Crippen molar-refractivity contribution in [2.45, 2.75) is 78.7 Å². The van der Waals surface area contributed by atoms with Crippen LogP contribution >= 0.6 is 0 Å². The maximum absolute atomic E-state index is 13.5. The van der Waals surface area contributed by atoms with Crippen LogP contribution in [0.2, 0.25) is 0 Å². The van der Waals surface area contributed by atoms with Crippen molar-refractivity contribution in [3.05, 3.63) is 81.0 Å². The zero-order valence-corrected chi connectivity index (χ0v) is 30.9. The summed E-state index contributed by atoms with van der Waals surface area (Å²) in [5, 5.41) is 0.217. The van der Waals surface area contributed by atoms with Crippen LogP contribution in [0.3, 0.4) is 0 Å². The number of rotatable bonds is 8. The Kier molecular flexibility index (Phi) is 10.6. The molecule has 53 heavy (non-hydrogen) atoms. The average molecular weight is 731 g/mol. The Morgan fingerprint density at radius 1 is 0.660 bits per heavy atom. The molecule has 2 aliphatic rings. The molecule has 0 aliphatic carbocycles. The van der Waals surface area contributed by atoms with Crippen molar-refractivity contribution in [2.24, 2.45) is 0 Å². The highest BCUT2D eigenvalue weighted by Gasteiger charge is 2.38. The van der Waals surface area contributed by atoms with Gasteiger partial charge in [-0.15, -0.1) is 0 Å². The molecule has 0 saturated heterocycles. The van der Waals surface area contributed by atoms with Crippen LogP contribution in [0.4, 0.5) is 9.59 Å². The Morgan fingerprint density at radius 2 is 1.11 bits per heavy atom. The molecule has 0 unspecified atom stereocenters. The number of carbonyl (C=O) groups excluding carboxylic acids is 6. The predicted octanol–water partition coefficient (Wildman–Crippen LogP) is 5.53. The predicted molar refractivity (Wildman–Crippen MR) is 192 cm³/mol. The second-order valence-corrected chi connectivity index (χ2v) is 15.0. The van der Waals surface area contributed by atoms with E-state index in [0.717, 1.165) is 11.1 Å². The molecule has 14 nitrogen and oxygen atoms in total. The van der Waals surface area contributed by atoms with Crippen molar-refractivity contribution in [2.75, 3.05) is 26.3 Å². The third-order valence-electron chi connectivity index (χ3n) is 8.14. The van der Waals surface area contributed by atoms with Crippen LogP contribution in [0, 0.1) is 0 Å². The molecule has 1 aromatic heterocycles. The zero-order chi connectivity index (χ0) is 39.0. The number of esters is 2. The first kappa shape index (κ1) is 38.4. The Morgan fingerprint density at radius 3 is 1.58 bits per heavy atom. The molecule has 3 heterocycles. The summed E-state index contributed by atoms with van der Waals surface area (Å²) in [5.74, 6) is -2.76. The van der Waals surface area contributed by atoms with E-state index in [9.17, 15) is 33.6 Å². The van der Waals surface area contributed by atoms with E-state index >= 15 is 0 Å². The van der Waals surface area contributed by atoms with E-state index in [4.69, 9.17) is 23.4 Å². The van der Waals surface area contributed by atoms with Gasteiger partial charge in [0.1, 0.15) is 22.4 Å². The van der Waals surface area contributed by atoms with E-state index in [1.807, 2.05) is 0 Å². The third kappa shape index (κ3) is 8.99. The lowest BCUT2D eigenvalue weighted by Crippen LogP contribution is -2.44. The highest BCUT2D eigenvalue weighted by atomic mass is 16.6. The van der Waals surface area contributed by atoms with Crippen LogP contribution < -0.4 is 5.43 Å². The maximum Gasteiger partial charge on any atom is 0.411 e. The standard InChI is InChI=1S/C39H42N2O12/c1-21-13-27(40(17-21)36(47)52-38(3,4)5)34(45)49-19-29(42)23-10-12-31-26(15-23)33(44)25-11-9-24(16-32(25)51-31)30(43)20-50-35(46)28-14-22(2)18-41(28)37(48)53-39(6,7)8/h9-16,27-28H,17-20H2,1-8H3/t27-,28-/m0/s1. The molecular formula is C39H42N2O12. The van der Waals surface area contributed by atoms with Crippen LogP contribution in [0.15, 0.2) is 68.9 Å². The molecule has 0 spiro atoms. The van der Waals surface area contributed by atoms with Gasteiger partial charge < -0.3 is 23.4 Å². The van der Waals surface area contributed by atoms with E-state index in [1.54, 1.807) is 67.5 Å². The van der Waals surface area contributed by atoms with Crippen molar-refractivity contribution >= 4 is 57.6 Å². The van der Waals surface area contributed by atoms with Gasteiger partial charge in [-0.1, -0.05) is 29.4 Å². The average Bonchev–Trinajstić information content (AvgIpc) is 3.67. The molecule has 2 aliphatic heterocycles. The van der Waals surface area contributed by atoms with Crippen molar-refractivity contribution in [3.63, 3.8) is 0 Å². The number of carbonyl (C=O) groups is 6. The molecule has 0 saturated carbocycles.